The Kier molecular flexibility index (Phi) is 5.15. The Labute approximate surface area is 168 Å². The highest BCUT2D eigenvalue weighted by atomic mass is 32.2. The summed E-state index contributed by atoms with van der Waals surface area (Å²) in [5.74, 6) is 0.207. The molecule has 2 heterocycles. The molecule has 0 aliphatic rings. The topological polar surface area (TPSA) is 68.0 Å². The molecule has 0 fully saturated rings. The number of nitrogens with one attached hydrogen (secondary N) is 1. The molecule has 8 heteroatoms. The number of rotatable bonds is 5. The predicted molar refractivity (Wildman–Crippen MR) is 111 cm³/mol. The Balaban J connectivity index is 1.54. The van der Waals surface area contributed by atoms with Crippen LogP contribution < -0.4 is 10.9 Å². The highest BCUT2D eigenvalue weighted by Gasteiger charge is 2.12. The summed E-state index contributed by atoms with van der Waals surface area (Å²) >= 11 is 2.81. The molecule has 0 spiro atoms. The maximum absolute atomic E-state index is 13.7. The van der Waals surface area contributed by atoms with Crippen molar-refractivity contribution in [2.75, 3.05) is 5.32 Å². The highest BCUT2D eigenvalue weighted by Crippen LogP contribution is 2.32. The molecule has 1 N–H and O–H groups in total. The third kappa shape index (κ3) is 3.79. The summed E-state index contributed by atoms with van der Waals surface area (Å²) < 4.78 is 19.9. The molecule has 0 aliphatic heterocycles. The predicted octanol–water partition coefficient (Wildman–Crippen LogP) is 5.44. The molecule has 142 valence electrons. The van der Waals surface area contributed by atoms with Crippen molar-refractivity contribution in [2.24, 2.45) is 0 Å². The van der Waals surface area contributed by atoms with Gasteiger partial charge in [-0.25, -0.2) is 9.18 Å². The van der Waals surface area contributed by atoms with Crippen molar-refractivity contribution in [1.29, 1.82) is 0 Å². The average Bonchev–Trinajstić information content (AvgIpc) is 3.12. The van der Waals surface area contributed by atoms with Crippen molar-refractivity contribution in [3.8, 4) is 0 Å². The Morgan fingerprint density at radius 1 is 1.18 bits per heavy atom. The molecule has 28 heavy (non-hydrogen) atoms. The molecule has 0 amide bonds. The van der Waals surface area contributed by atoms with Gasteiger partial charge < -0.3 is 9.73 Å². The van der Waals surface area contributed by atoms with Crippen molar-refractivity contribution in [2.45, 2.75) is 23.9 Å². The normalized spacial score (nSPS) is 11.1. The van der Waals surface area contributed by atoms with E-state index in [0.29, 0.717) is 22.2 Å². The molecule has 0 bridgehead atoms. The standard InChI is InChI=1S/C20H16FN3O2S2/c1-11-7-8-14-13(9-17(25)26-18(14)12(11)2)10-27-20-24-23-19(28-20)22-16-6-4-3-5-15(16)21/h3-9H,10H2,1-2H3,(H,22,23). The lowest BCUT2D eigenvalue weighted by molar-refractivity contribution is 0.557. The minimum atomic E-state index is -0.365. The van der Waals surface area contributed by atoms with Crippen LogP contribution in [0, 0.1) is 19.7 Å². The molecular formula is C20H16FN3O2S2. The monoisotopic (exact) mass is 413 g/mol. The van der Waals surface area contributed by atoms with Gasteiger partial charge in [-0.1, -0.05) is 47.4 Å². The maximum atomic E-state index is 13.7. The lowest BCUT2D eigenvalue weighted by Gasteiger charge is -2.08. The minimum absolute atomic E-state index is 0.347. The van der Waals surface area contributed by atoms with E-state index in [-0.39, 0.29) is 11.4 Å². The van der Waals surface area contributed by atoms with E-state index < -0.39 is 0 Å². The van der Waals surface area contributed by atoms with Crippen LogP contribution in [-0.4, -0.2) is 10.2 Å². The number of aromatic nitrogens is 2. The van der Waals surface area contributed by atoms with E-state index in [1.54, 1.807) is 18.2 Å². The van der Waals surface area contributed by atoms with Gasteiger partial charge in [0.25, 0.3) is 0 Å². The number of nitrogens with zero attached hydrogens (tertiary/aromatic N) is 2. The van der Waals surface area contributed by atoms with Crippen LogP contribution in [0.15, 0.2) is 56.0 Å². The molecule has 0 radical (unpaired) electrons. The van der Waals surface area contributed by atoms with Crippen molar-refractivity contribution >= 4 is 44.9 Å². The lowest BCUT2D eigenvalue weighted by Crippen LogP contribution is -2.01. The molecule has 0 aliphatic carbocycles. The molecule has 4 aromatic rings. The average molecular weight is 413 g/mol. The van der Waals surface area contributed by atoms with Crippen LogP contribution in [0.2, 0.25) is 0 Å². The van der Waals surface area contributed by atoms with E-state index in [9.17, 15) is 9.18 Å². The number of para-hydroxylation sites is 1. The summed E-state index contributed by atoms with van der Waals surface area (Å²) in [4.78, 5) is 12.0. The zero-order valence-electron chi connectivity index (χ0n) is 15.2. The maximum Gasteiger partial charge on any atom is 0.336 e. The van der Waals surface area contributed by atoms with E-state index in [1.165, 1.54) is 35.2 Å². The van der Waals surface area contributed by atoms with Crippen LogP contribution >= 0.6 is 23.1 Å². The van der Waals surface area contributed by atoms with Crippen LogP contribution in [0.1, 0.15) is 16.7 Å². The number of halogens is 1. The van der Waals surface area contributed by atoms with E-state index in [4.69, 9.17) is 4.42 Å². The summed E-state index contributed by atoms with van der Waals surface area (Å²) in [6.07, 6.45) is 0. The van der Waals surface area contributed by atoms with Gasteiger partial charge in [0, 0.05) is 17.2 Å². The van der Waals surface area contributed by atoms with E-state index >= 15 is 0 Å². The van der Waals surface area contributed by atoms with Gasteiger partial charge in [-0.15, -0.1) is 10.2 Å². The number of fused-ring (bicyclic) bond motifs is 1. The molecule has 0 saturated heterocycles. The molecule has 5 nitrogen and oxygen atoms in total. The van der Waals surface area contributed by atoms with Crippen LogP contribution in [0.3, 0.4) is 0 Å². The fourth-order valence-corrected chi connectivity index (χ4v) is 4.54. The van der Waals surface area contributed by atoms with E-state index in [0.717, 1.165) is 26.4 Å². The smallest absolute Gasteiger partial charge is 0.336 e. The molecule has 0 unspecified atom stereocenters. The number of aryl methyl sites for hydroxylation is 2. The quantitative estimate of drug-likeness (QED) is 0.347. The first-order valence-corrected chi connectivity index (χ1v) is 10.3. The summed E-state index contributed by atoms with van der Waals surface area (Å²) in [5, 5.41) is 12.6. The molecule has 0 saturated carbocycles. The van der Waals surface area contributed by atoms with Crippen LogP contribution in [0.25, 0.3) is 11.0 Å². The van der Waals surface area contributed by atoms with Crippen molar-refractivity contribution in [1.82, 2.24) is 10.2 Å². The molecular weight excluding hydrogens is 397 g/mol. The number of thioether (sulfide) groups is 1. The molecule has 2 aromatic heterocycles. The van der Waals surface area contributed by atoms with Crippen LogP contribution in [-0.2, 0) is 5.75 Å². The fourth-order valence-electron chi connectivity index (χ4n) is 2.78. The molecule has 0 atom stereocenters. The highest BCUT2D eigenvalue weighted by molar-refractivity contribution is 8.00. The number of hydrogen-bond donors (Lipinski definition) is 1. The summed E-state index contributed by atoms with van der Waals surface area (Å²) in [5.41, 5.74) is 3.55. The summed E-state index contributed by atoms with van der Waals surface area (Å²) in [6, 6.07) is 11.9. The third-order valence-electron chi connectivity index (χ3n) is 4.39. The SMILES string of the molecule is Cc1ccc2c(CSc3nnc(Nc4ccccc4F)s3)cc(=O)oc2c1C. The first kappa shape index (κ1) is 18.6. The van der Waals surface area contributed by atoms with E-state index in [2.05, 4.69) is 15.5 Å². The Morgan fingerprint density at radius 3 is 2.82 bits per heavy atom. The van der Waals surface area contributed by atoms with Gasteiger partial charge in [0.2, 0.25) is 5.13 Å². The van der Waals surface area contributed by atoms with Gasteiger partial charge in [0.05, 0.1) is 5.69 Å². The zero-order valence-corrected chi connectivity index (χ0v) is 16.8. The third-order valence-corrected chi connectivity index (χ3v) is 6.41. The first-order valence-electron chi connectivity index (χ1n) is 8.52. The van der Waals surface area contributed by atoms with Gasteiger partial charge >= 0.3 is 5.63 Å². The number of anilines is 2. The number of benzene rings is 2. The Bertz CT molecular complexity index is 1220. The second kappa shape index (κ2) is 7.73. The Hall–Kier alpha value is -2.71. The lowest BCUT2D eigenvalue weighted by atomic mass is 10.0. The zero-order chi connectivity index (χ0) is 19.7. The van der Waals surface area contributed by atoms with Gasteiger partial charge in [0.1, 0.15) is 11.4 Å². The Morgan fingerprint density at radius 2 is 2.00 bits per heavy atom. The fraction of sp³-hybridized carbons (Fsp3) is 0.150. The molecule has 2 aromatic carbocycles. The summed E-state index contributed by atoms with van der Waals surface area (Å²) in [7, 11) is 0. The minimum Gasteiger partial charge on any atom is -0.422 e. The molecule has 4 rings (SSSR count). The van der Waals surface area contributed by atoms with Gasteiger partial charge in [-0.05, 0) is 42.7 Å². The van der Waals surface area contributed by atoms with Crippen LogP contribution in [0.5, 0.6) is 0 Å². The first-order chi connectivity index (χ1) is 13.5. The van der Waals surface area contributed by atoms with Crippen LogP contribution in [0.4, 0.5) is 15.2 Å². The van der Waals surface area contributed by atoms with Crippen molar-refractivity contribution in [3.05, 3.63) is 75.4 Å². The van der Waals surface area contributed by atoms with Gasteiger partial charge in [-0.2, -0.15) is 0 Å². The second-order valence-corrected chi connectivity index (χ2v) is 8.44. The van der Waals surface area contributed by atoms with Crippen molar-refractivity contribution in [3.63, 3.8) is 0 Å². The second-order valence-electron chi connectivity index (χ2n) is 6.24. The van der Waals surface area contributed by atoms with Gasteiger partial charge in [0.15, 0.2) is 4.34 Å². The largest absolute Gasteiger partial charge is 0.422 e. The van der Waals surface area contributed by atoms with E-state index in [1.807, 2.05) is 26.0 Å². The number of hydrogen-bond acceptors (Lipinski definition) is 7. The summed E-state index contributed by atoms with van der Waals surface area (Å²) in [6.45, 7) is 3.93. The van der Waals surface area contributed by atoms with Crippen molar-refractivity contribution < 1.29 is 8.81 Å². The van der Waals surface area contributed by atoms with Gasteiger partial charge in [-0.3, -0.25) is 0 Å².